The lowest BCUT2D eigenvalue weighted by Crippen LogP contribution is -2.46. The number of nitrogens with zero attached hydrogens (tertiary/aromatic N) is 1. The molecule has 1 aliphatic heterocycles. The smallest absolute Gasteiger partial charge is 0.314 e. The second-order valence-corrected chi connectivity index (χ2v) is 6.81. The maximum Gasteiger partial charge on any atom is 0.314 e. The average molecular weight is 383 g/mol. The summed E-state index contributed by atoms with van der Waals surface area (Å²) in [5, 5.41) is 5.98. The third kappa shape index (κ3) is 5.97. The zero-order valence-electron chi connectivity index (χ0n) is 16.4. The lowest BCUT2D eigenvalue weighted by atomic mass is 10.0. The van der Waals surface area contributed by atoms with Crippen LogP contribution < -0.4 is 15.4 Å². The number of nitrogens with one attached hydrogen (secondary N) is 2. The van der Waals surface area contributed by atoms with E-state index in [9.17, 15) is 4.79 Å². The molecule has 2 aromatic rings. The van der Waals surface area contributed by atoms with Crippen LogP contribution in [0.15, 0.2) is 54.6 Å². The van der Waals surface area contributed by atoms with Gasteiger partial charge in [-0.3, -0.25) is 4.90 Å². The number of rotatable bonds is 8. The van der Waals surface area contributed by atoms with Crippen LogP contribution >= 0.6 is 0 Å². The zero-order valence-corrected chi connectivity index (χ0v) is 16.4. The van der Waals surface area contributed by atoms with Crippen molar-refractivity contribution in [2.75, 3.05) is 46.5 Å². The molecule has 3 rings (SSSR count). The second-order valence-electron chi connectivity index (χ2n) is 6.81. The Labute approximate surface area is 166 Å². The van der Waals surface area contributed by atoms with Crippen LogP contribution in [0.4, 0.5) is 4.79 Å². The number of carbonyl (C=O) groups is 1. The second kappa shape index (κ2) is 10.7. The van der Waals surface area contributed by atoms with Crippen LogP contribution in [0.2, 0.25) is 0 Å². The largest absolute Gasteiger partial charge is 0.497 e. The molecule has 0 saturated carbocycles. The maximum atomic E-state index is 12.3. The number of carbonyl (C=O) groups excluding carboxylic acids is 1. The minimum atomic E-state index is -0.136. The van der Waals surface area contributed by atoms with Gasteiger partial charge in [-0.05, 0) is 29.7 Å². The van der Waals surface area contributed by atoms with Crippen molar-refractivity contribution in [1.29, 1.82) is 0 Å². The standard InChI is InChI=1S/C22H29N3O3/c1-27-20-9-7-18(8-10-20)11-12-23-22(26)24-17-21(19-5-3-2-4-6-19)25-13-15-28-16-14-25/h2-10,21H,11-17H2,1H3,(H2,23,24,26). The van der Waals surface area contributed by atoms with E-state index < -0.39 is 0 Å². The molecular formula is C22H29N3O3. The summed E-state index contributed by atoms with van der Waals surface area (Å²) < 4.78 is 10.6. The van der Waals surface area contributed by atoms with Crippen molar-refractivity contribution in [1.82, 2.24) is 15.5 Å². The molecule has 2 amide bonds. The lowest BCUT2D eigenvalue weighted by Gasteiger charge is -2.34. The molecule has 1 aliphatic rings. The Morgan fingerprint density at radius 3 is 2.46 bits per heavy atom. The number of morpholine rings is 1. The Hall–Kier alpha value is -2.57. The number of benzene rings is 2. The van der Waals surface area contributed by atoms with Gasteiger partial charge >= 0.3 is 6.03 Å². The molecule has 1 fully saturated rings. The highest BCUT2D eigenvalue weighted by Crippen LogP contribution is 2.21. The van der Waals surface area contributed by atoms with Crippen molar-refractivity contribution in [3.05, 3.63) is 65.7 Å². The third-order valence-electron chi connectivity index (χ3n) is 4.99. The first-order valence-electron chi connectivity index (χ1n) is 9.77. The monoisotopic (exact) mass is 383 g/mol. The van der Waals surface area contributed by atoms with Crippen molar-refractivity contribution < 1.29 is 14.3 Å². The van der Waals surface area contributed by atoms with E-state index in [0.29, 0.717) is 13.1 Å². The van der Waals surface area contributed by atoms with E-state index >= 15 is 0 Å². The number of methoxy groups -OCH3 is 1. The van der Waals surface area contributed by atoms with E-state index in [2.05, 4.69) is 27.7 Å². The molecule has 28 heavy (non-hydrogen) atoms. The maximum absolute atomic E-state index is 12.3. The van der Waals surface area contributed by atoms with Crippen LogP contribution in [-0.4, -0.2) is 57.4 Å². The Bertz CT molecular complexity index is 716. The number of hydrogen-bond donors (Lipinski definition) is 2. The van der Waals surface area contributed by atoms with E-state index in [1.807, 2.05) is 42.5 Å². The van der Waals surface area contributed by atoms with Crippen LogP contribution in [0.1, 0.15) is 17.2 Å². The molecule has 1 heterocycles. The number of amides is 2. The van der Waals surface area contributed by atoms with Crippen molar-refractivity contribution in [3.8, 4) is 5.75 Å². The van der Waals surface area contributed by atoms with Crippen LogP contribution in [-0.2, 0) is 11.2 Å². The van der Waals surface area contributed by atoms with Gasteiger partial charge in [-0.25, -0.2) is 4.79 Å². The quantitative estimate of drug-likeness (QED) is 0.736. The van der Waals surface area contributed by atoms with Crippen molar-refractivity contribution in [3.63, 3.8) is 0 Å². The Kier molecular flexibility index (Phi) is 7.70. The van der Waals surface area contributed by atoms with E-state index in [-0.39, 0.29) is 12.1 Å². The molecule has 1 atom stereocenters. The highest BCUT2D eigenvalue weighted by molar-refractivity contribution is 5.73. The molecule has 1 unspecified atom stereocenters. The number of hydrogen-bond acceptors (Lipinski definition) is 4. The van der Waals surface area contributed by atoms with Gasteiger partial charge in [0, 0.05) is 26.2 Å². The minimum Gasteiger partial charge on any atom is -0.497 e. The van der Waals surface area contributed by atoms with Crippen LogP contribution in [0.3, 0.4) is 0 Å². The summed E-state index contributed by atoms with van der Waals surface area (Å²) in [5.41, 5.74) is 2.37. The molecule has 0 bridgehead atoms. The average Bonchev–Trinajstić information content (AvgIpc) is 2.76. The van der Waals surface area contributed by atoms with Gasteiger partial charge in [0.05, 0.1) is 26.4 Å². The summed E-state index contributed by atoms with van der Waals surface area (Å²) in [5.74, 6) is 0.838. The zero-order chi connectivity index (χ0) is 19.6. The van der Waals surface area contributed by atoms with Gasteiger partial charge in [0.2, 0.25) is 0 Å². The summed E-state index contributed by atoms with van der Waals surface area (Å²) in [6, 6.07) is 18.2. The van der Waals surface area contributed by atoms with Gasteiger partial charge in [0.1, 0.15) is 5.75 Å². The molecule has 0 spiro atoms. The van der Waals surface area contributed by atoms with Gasteiger partial charge < -0.3 is 20.1 Å². The van der Waals surface area contributed by atoms with Crippen molar-refractivity contribution in [2.24, 2.45) is 0 Å². The first kappa shape index (κ1) is 20.2. The molecule has 1 saturated heterocycles. The molecular weight excluding hydrogens is 354 g/mol. The predicted octanol–water partition coefficient (Wildman–Crippen LogP) is 2.61. The van der Waals surface area contributed by atoms with Gasteiger partial charge in [0.25, 0.3) is 0 Å². The minimum absolute atomic E-state index is 0.136. The number of ether oxygens (including phenoxy) is 2. The van der Waals surface area contributed by atoms with Crippen molar-refractivity contribution >= 4 is 6.03 Å². The normalized spacial score (nSPS) is 15.6. The first-order valence-corrected chi connectivity index (χ1v) is 9.77. The van der Waals surface area contributed by atoms with Crippen LogP contribution in [0, 0.1) is 0 Å². The van der Waals surface area contributed by atoms with E-state index in [4.69, 9.17) is 9.47 Å². The fourth-order valence-corrected chi connectivity index (χ4v) is 3.39. The topological polar surface area (TPSA) is 62.8 Å². The summed E-state index contributed by atoms with van der Waals surface area (Å²) in [7, 11) is 1.65. The third-order valence-corrected chi connectivity index (χ3v) is 4.99. The number of urea groups is 1. The van der Waals surface area contributed by atoms with E-state index in [0.717, 1.165) is 44.0 Å². The summed E-state index contributed by atoms with van der Waals surface area (Å²) in [6.07, 6.45) is 0.781. The summed E-state index contributed by atoms with van der Waals surface area (Å²) in [4.78, 5) is 14.6. The molecule has 6 nitrogen and oxygen atoms in total. The fourth-order valence-electron chi connectivity index (χ4n) is 3.39. The molecule has 0 radical (unpaired) electrons. The van der Waals surface area contributed by atoms with Gasteiger partial charge in [-0.2, -0.15) is 0 Å². The van der Waals surface area contributed by atoms with Crippen molar-refractivity contribution in [2.45, 2.75) is 12.5 Å². The lowest BCUT2D eigenvalue weighted by molar-refractivity contribution is 0.0167. The Morgan fingerprint density at radius 2 is 1.79 bits per heavy atom. The molecule has 150 valence electrons. The highest BCUT2D eigenvalue weighted by atomic mass is 16.5. The summed E-state index contributed by atoms with van der Waals surface area (Å²) in [6.45, 7) is 4.37. The molecule has 0 aromatic heterocycles. The van der Waals surface area contributed by atoms with Crippen LogP contribution in [0.5, 0.6) is 5.75 Å². The van der Waals surface area contributed by atoms with Crippen LogP contribution in [0.25, 0.3) is 0 Å². The Balaban J connectivity index is 1.47. The SMILES string of the molecule is COc1ccc(CCNC(=O)NCC(c2ccccc2)N2CCOCC2)cc1. The van der Waals surface area contributed by atoms with Gasteiger partial charge in [-0.1, -0.05) is 42.5 Å². The van der Waals surface area contributed by atoms with Gasteiger partial charge in [-0.15, -0.1) is 0 Å². The van der Waals surface area contributed by atoms with Gasteiger partial charge in [0.15, 0.2) is 0 Å². The molecule has 2 N–H and O–H groups in total. The highest BCUT2D eigenvalue weighted by Gasteiger charge is 2.22. The molecule has 6 heteroatoms. The van der Waals surface area contributed by atoms with E-state index in [1.54, 1.807) is 7.11 Å². The summed E-state index contributed by atoms with van der Waals surface area (Å²) >= 11 is 0. The predicted molar refractivity (Wildman–Crippen MR) is 110 cm³/mol. The fraction of sp³-hybridized carbons (Fsp3) is 0.409. The first-order chi connectivity index (χ1) is 13.8. The van der Waals surface area contributed by atoms with E-state index in [1.165, 1.54) is 5.56 Å². The molecule has 2 aromatic carbocycles. The Morgan fingerprint density at radius 1 is 1.07 bits per heavy atom. The molecule has 0 aliphatic carbocycles.